The lowest BCUT2D eigenvalue weighted by Crippen LogP contribution is -2.11. The predicted octanol–water partition coefficient (Wildman–Crippen LogP) is 4.10. The molecule has 2 amide bonds. The number of halogens is 1. The van der Waals surface area contributed by atoms with E-state index in [-0.39, 0.29) is 16.6 Å². The number of aromatic nitrogens is 1. The zero-order chi connectivity index (χ0) is 19.4. The first-order valence-corrected chi connectivity index (χ1v) is 8.77. The van der Waals surface area contributed by atoms with E-state index in [1.165, 1.54) is 18.2 Å². The van der Waals surface area contributed by atoms with Gasteiger partial charge in [-0.2, -0.15) is 0 Å². The number of nitrogens with one attached hydrogen (secondary N) is 2. The molecule has 0 saturated carbocycles. The van der Waals surface area contributed by atoms with Crippen LogP contribution >= 0.6 is 11.3 Å². The zero-order valence-electron chi connectivity index (χ0n) is 14.6. The first-order valence-electron chi connectivity index (χ1n) is 7.96. The van der Waals surface area contributed by atoms with Gasteiger partial charge in [-0.05, 0) is 49.4 Å². The first-order chi connectivity index (χ1) is 13.0. The molecule has 0 atom stereocenters. The van der Waals surface area contributed by atoms with E-state index in [2.05, 4.69) is 15.6 Å². The highest BCUT2D eigenvalue weighted by Crippen LogP contribution is 2.25. The van der Waals surface area contributed by atoms with Crippen LogP contribution in [-0.4, -0.2) is 23.9 Å². The molecule has 2 aromatic carbocycles. The van der Waals surface area contributed by atoms with Gasteiger partial charge in [0, 0.05) is 11.3 Å². The fourth-order valence-corrected chi connectivity index (χ4v) is 3.18. The van der Waals surface area contributed by atoms with Gasteiger partial charge in [-0.3, -0.25) is 14.9 Å². The van der Waals surface area contributed by atoms with Gasteiger partial charge in [0.25, 0.3) is 11.8 Å². The monoisotopic (exact) mass is 385 g/mol. The number of hydrogen-bond donors (Lipinski definition) is 2. The molecular formula is C19H16FN3O3S. The number of carbonyl (C=O) groups excluding carboxylic acids is 2. The highest BCUT2D eigenvalue weighted by molar-refractivity contribution is 7.17. The van der Waals surface area contributed by atoms with Crippen LogP contribution in [0.5, 0.6) is 5.75 Å². The molecule has 2 N–H and O–H groups in total. The molecule has 0 unspecified atom stereocenters. The summed E-state index contributed by atoms with van der Waals surface area (Å²) in [7, 11) is 1.56. The Kier molecular flexibility index (Phi) is 5.46. The van der Waals surface area contributed by atoms with E-state index in [9.17, 15) is 14.0 Å². The van der Waals surface area contributed by atoms with Crippen LogP contribution in [0, 0.1) is 12.7 Å². The molecule has 0 bridgehead atoms. The average molecular weight is 385 g/mol. The van der Waals surface area contributed by atoms with Crippen molar-refractivity contribution in [2.24, 2.45) is 0 Å². The minimum absolute atomic E-state index is 0.173. The lowest BCUT2D eigenvalue weighted by atomic mass is 10.2. The number of aryl methyl sites for hydroxylation is 1. The fourth-order valence-electron chi connectivity index (χ4n) is 2.32. The second-order valence-corrected chi connectivity index (χ2v) is 6.58. The smallest absolute Gasteiger partial charge is 0.267 e. The van der Waals surface area contributed by atoms with Crippen molar-refractivity contribution >= 4 is 34.0 Å². The largest absolute Gasteiger partial charge is 0.497 e. The van der Waals surface area contributed by atoms with Gasteiger partial charge in [0.15, 0.2) is 5.13 Å². The van der Waals surface area contributed by atoms with Crippen molar-refractivity contribution in [2.75, 3.05) is 17.7 Å². The molecule has 0 aliphatic rings. The van der Waals surface area contributed by atoms with Crippen LogP contribution in [0.3, 0.4) is 0 Å². The zero-order valence-corrected chi connectivity index (χ0v) is 15.4. The van der Waals surface area contributed by atoms with Gasteiger partial charge in [-0.1, -0.05) is 17.4 Å². The molecule has 1 aromatic heterocycles. The molecule has 0 aliphatic heterocycles. The number of methoxy groups -OCH3 is 1. The van der Waals surface area contributed by atoms with Crippen molar-refractivity contribution in [1.29, 1.82) is 0 Å². The van der Waals surface area contributed by atoms with Crippen molar-refractivity contribution in [3.8, 4) is 5.75 Å². The number of benzene rings is 2. The number of rotatable bonds is 5. The summed E-state index contributed by atoms with van der Waals surface area (Å²) in [6.07, 6.45) is 0. The van der Waals surface area contributed by atoms with Gasteiger partial charge < -0.3 is 10.1 Å². The standard InChI is InChI=1S/C19H16FN3O3S/c1-11-16(18(25)22-14-6-8-15(26-2)9-7-14)27-19(21-11)23-17(24)12-4-3-5-13(20)10-12/h3-10H,1-2H3,(H,22,25)(H,21,23,24). The third-order valence-corrected chi connectivity index (χ3v) is 4.73. The summed E-state index contributed by atoms with van der Waals surface area (Å²) in [6, 6.07) is 12.2. The molecule has 8 heteroatoms. The SMILES string of the molecule is COc1ccc(NC(=O)c2sc(NC(=O)c3cccc(F)c3)nc2C)cc1. The Morgan fingerprint density at radius 3 is 2.48 bits per heavy atom. The third kappa shape index (κ3) is 4.48. The van der Waals surface area contributed by atoms with E-state index in [1.54, 1.807) is 38.3 Å². The van der Waals surface area contributed by atoms with Crippen LogP contribution in [0.2, 0.25) is 0 Å². The number of nitrogens with zero attached hydrogens (tertiary/aromatic N) is 1. The molecule has 3 aromatic rings. The highest BCUT2D eigenvalue weighted by Gasteiger charge is 2.17. The normalized spacial score (nSPS) is 10.3. The molecule has 3 rings (SSSR count). The molecule has 6 nitrogen and oxygen atoms in total. The van der Waals surface area contributed by atoms with E-state index in [4.69, 9.17) is 4.74 Å². The Balaban J connectivity index is 1.71. The number of amides is 2. The Morgan fingerprint density at radius 2 is 1.81 bits per heavy atom. The predicted molar refractivity (Wildman–Crippen MR) is 102 cm³/mol. The van der Waals surface area contributed by atoms with E-state index in [0.717, 1.165) is 17.4 Å². The molecule has 0 spiro atoms. The van der Waals surface area contributed by atoms with Gasteiger partial charge in [-0.25, -0.2) is 9.37 Å². The number of thiazole rings is 1. The summed E-state index contributed by atoms with van der Waals surface area (Å²) >= 11 is 1.05. The van der Waals surface area contributed by atoms with Crippen LogP contribution in [-0.2, 0) is 0 Å². The average Bonchev–Trinajstić information content (AvgIpc) is 3.02. The summed E-state index contributed by atoms with van der Waals surface area (Å²) in [5, 5.41) is 5.62. The van der Waals surface area contributed by atoms with E-state index in [0.29, 0.717) is 22.0 Å². The van der Waals surface area contributed by atoms with Gasteiger partial charge in [0.1, 0.15) is 16.4 Å². The minimum atomic E-state index is -0.502. The van der Waals surface area contributed by atoms with Crippen molar-refractivity contribution < 1.29 is 18.7 Å². The molecule has 0 aliphatic carbocycles. The van der Waals surface area contributed by atoms with Gasteiger partial charge in [0.05, 0.1) is 12.8 Å². The number of hydrogen-bond acceptors (Lipinski definition) is 5. The van der Waals surface area contributed by atoms with E-state index >= 15 is 0 Å². The first kappa shape index (κ1) is 18.5. The van der Waals surface area contributed by atoms with Crippen LogP contribution in [0.1, 0.15) is 25.7 Å². The van der Waals surface area contributed by atoms with Gasteiger partial charge >= 0.3 is 0 Å². The maximum absolute atomic E-state index is 13.2. The van der Waals surface area contributed by atoms with Crippen molar-refractivity contribution in [3.05, 3.63) is 70.5 Å². The van der Waals surface area contributed by atoms with Crippen molar-refractivity contribution in [2.45, 2.75) is 6.92 Å². The van der Waals surface area contributed by atoms with Crippen LogP contribution < -0.4 is 15.4 Å². The minimum Gasteiger partial charge on any atom is -0.497 e. The molecular weight excluding hydrogens is 369 g/mol. The van der Waals surface area contributed by atoms with Crippen molar-refractivity contribution in [1.82, 2.24) is 4.98 Å². The Bertz CT molecular complexity index is 986. The molecule has 1 heterocycles. The molecule has 0 saturated heterocycles. The molecule has 0 fully saturated rings. The second kappa shape index (κ2) is 7.96. The van der Waals surface area contributed by atoms with Gasteiger partial charge in [-0.15, -0.1) is 0 Å². The van der Waals surface area contributed by atoms with Crippen LogP contribution in [0.4, 0.5) is 15.2 Å². The highest BCUT2D eigenvalue weighted by atomic mass is 32.1. The van der Waals surface area contributed by atoms with Crippen LogP contribution in [0.25, 0.3) is 0 Å². The molecule has 0 radical (unpaired) electrons. The molecule has 27 heavy (non-hydrogen) atoms. The second-order valence-electron chi connectivity index (χ2n) is 5.58. The summed E-state index contributed by atoms with van der Waals surface area (Å²) < 4.78 is 18.3. The van der Waals surface area contributed by atoms with Gasteiger partial charge in [0.2, 0.25) is 0 Å². The summed E-state index contributed by atoms with van der Waals surface area (Å²) in [6.45, 7) is 1.68. The maximum Gasteiger partial charge on any atom is 0.267 e. The quantitative estimate of drug-likeness (QED) is 0.693. The lowest BCUT2D eigenvalue weighted by molar-refractivity contribution is 0.101. The molecule has 138 valence electrons. The fraction of sp³-hybridized carbons (Fsp3) is 0.105. The van der Waals surface area contributed by atoms with E-state index in [1.807, 2.05) is 0 Å². The Hall–Kier alpha value is -3.26. The topological polar surface area (TPSA) is 80.3 Å². The summed E-state index contributed by atoms with van der Waals surface area (Å²) in [5.74, 6) is -0.645. The third-order valence-electron chi connectivity index (χ3n) is 3.66. The lowest BCUT2D eigenvalue weighted by Gasteiger charge is -2.05. The van der Waals surface area contributed by atoms with Crippen LogP contribution in [0.15, 0.2) is 48.5 Å². The summed E-state index contributed by atoms with van der Waals surface area (Å²) in [4.78, 5) is 29.2. The Morgan fingerprint density at radius 1 is 1.07 bits per heavy atom. The summed E-state index contributed by atoms with van der Waals surface area (Å²) in [5.41, 5.74) is 1.27. The van der Waals surface area contributed by atoms with Crippen molar-refractivity contribution in [3.63, 3.8) is 0 Å². The Labute approximate surface area is 159 Å². The maximum atomic E-state index is 13.2. The number of anilines is 2. The number of ether oxygens (including phenoxy) is 1. The number of carbonyl (C=O) groups is 2. The van der Waals surface area contributed by atoms with E-state index < -0.39 is 11.7 Å².